The van der Waals surface area contributed by atoms with Crippen molar-refractivity contribution in [3.63, 3.8) is 0 Å². The molecule has 0 amide bonds. The van der Waals surface area contributed by atoms with Crippen molar-refractivity contribution in [2.45, 2.75) is 108 Å². The normalized spacial score (nSPS) is 35.6. The van der Waals surface area contributed by atoms with Gasteiger partial charge in [-0.1, -0.05) is 0 Å². The summed E-state index contributed by atoms with van der Waals surface area (Å²) >= 11 is 0. The maximum absolute atomic E-state index is 13.1. The largest absolute Gasteiger partial charge is 0.417 e. The molecule has 3 aromatic carbocycles. The van der Waals surface area contributed by atoms with Crippen LogP contribution in [0.15, 0.2) is 54.6 Å². The van der Waals surface area contributed by atoms with Gasteiger partial charge in [-0.2, -0.15) is 55.3 Å². The van der Waals surface area contributed by atoms with Gasteiger partial charge in [-0.3, -0.25) is 12.9 Å². The maximum atomic E-state index is 13.1. The van der Waals surface area contributed by atoms with Crippen molar-refractivity contribution in [1.82, 2.24) is 0 Å². The van der Waals surface area contributed by atoms with Crippen LogP contribution in [0.3, 0.4) is 0 Å². The van der Waals surface area contributed by atoms with Crippen LogP contribution < -0.4 is 12.9 Å². The van der Waals surface area contributed by atoms with Crippen molar-refractivity contribution in [2.24, 2.45) is 17.8 Å². The summed E-state index contributed by atoms with van der Waals surface area (Å²) in [4.78, 5) is 0. The van der Waals surface area contributed by atoms with Gasteiger partial charge in [-0.25, -0.2) is 25.3 Å². The highest BCUT2D eigenvalue weighted by atomic mass is 32.2. The van der Waals surface area contributed by atoms with Crippen LogP contribution in [-0.4, -0.2) is 131 Å². The van der Waals surface area contributed by atoms with E-state index in [4.69, 9.17) is 30.0 Å². The lowest BCUT2D eigenvalue weighted by Crippen LogP contribution is -2.42. The number of nitriles is 3. The van der Waals surface area contributed by atoms with Crippen LogP contribution in [0.5, 0.6) is 0 Å². The molecule has 9 saturated heterocycles. The number of rotatable bonds is 3. The van der Waals surface area contributed by atoms with E-state index in [0.29, 0.717) is 24.6 Å². The van der Waals surface area contributed by atoms with Crippen LogP contribution in [0.1, 0.15) is 52.6 Å². The van der Waals surface area contributed by atoms with Gasteiger partial charge in [0.2, 0.25) is 30.1 Å². The minimum atomic E-state index is -4.77. The van der Waals surface area contributed by atoms with Crippen LogP contribution in [0.25, 0.3) is 0 Å². The minimum absolute atomic E-state index is 0.00405. The summed E-state index contributed by atoms with van der Waals surface area (Å²) in [5.41, 5.74) is -5.58. The molecule has 9 fully saturated rings. The third-order valence-corrected chi connectivity index (χ3v) is 22.3. The first kappa shape index (κ1) is 52.9. The zero-order valence-corrected chi connectivity index (χ0v) is 40.4. The van der Waals surface area contributed by atoms with E-state index in [0.717, 1.165) is 31.1 Å². The quantitative estimate of drug-likeness (QED) is 0.316. The number of sulfonamides is 3. The SMILES string of the molecule is N#Cc1ccc(N2C[C@@H]3[C@@H]([C@H]4O[C@@H]3C[C@@H]4O)S2(=O)=O)cc1C(F)(F)F.N#Cc1ccc(N2C[C@H]3[C@@H]4O[C@@H](C[C@@H]4O)[C@H]3S2(=O)=O)cc1C(F)(F)F.N#Cc1ccc(N2C[C@H]3[C@@H]4O[C@@H](C[C@H]4O)[C@H]3S2(=O)=O)cc1C(F)(F)F. The second-order valence-corrected chi connectivity index (χ2v) is 25.5. The molecule has 402 valence electrons. The highest BCUT2D eigenvalue weighted by Crippen LogP contribution is 2.53. The molecule has 18 nitrogen and oxygen atoms in total. The Labute approximate surface area is 420 Å². The number of benzene rings is 3. The van der Waals surface area contributed by atoms with Crippen molar-refractivity contribution in [3.8, 4) is 18.2 Å². The van der Waals surface area contributed by atoms with E-state index < -0.39 is 165 Å². The number of ether oxygens (including phenoxy) is 3. The molecule has 3 N–H and O–H groups in total. The zero-order valence-electron chi connectivity index (χ0n) is 37.9. The molecule has 0 radical (unpaired) electrons. The lowest BCUT2D eigenvalue weighted by atomic mass is 9.87. The molecule has 0 saturated carbocycles. The molecular weight excluding hydrogens is 1080 g/mol. The van der Waals surface area contributed by atoms with Gasteiger partial charge < -0.3 is 29.5 Å². The first-order valence-corrected chi connectivity index (χ1v) is 27.3. The molecule has 75 heavy (non-hydrogen) atoms. The summed E-state index contributed by atoms with van der Waals surface area (Å²) in [5.74, 6) is -1.35. The number of nitrogens with zero attached hydrogens (tertiary/aromatic N) is 6. The Morgan fingerprint density at radius 2 is 0.747 bits per heavy atom. The van der Waals surface area contributed by atoms with Crippen LogP contribution in [-0.2, 0) is 62.8 Å². The summed E-state index contributed by atoms with van der Waals surface area (Å²) in [6, 6.07) is 13.0. The molecule has 9 aliphatic rings. The standard InChI is InChI=1S/3C15H13F3N2O4S/c2*16-15(17,18)10-3-8(2-1-7(10)5-19)20-6-9-13-11(21)4-12(24-13)14(9)25(20,22)23;16-15(17,18)10-3-8(2-1-7(10)5-19)20-6-9-12-4-11(21)13(24-12)14(9)25(20,22)23/h3*1-3,9,11-14,21H,4,6H2/t9-,11+,12-,13-,14-;9-,11-,12-,13-,14-;9-,11-,12+,13-,14-/m000/s1. The van der Waals surface area contributed by atoms with Gasteiger partial charge >= 0.3 is 18.5 Å². The van der Waals surface area contributed by atoms with Gasteiger partial charge in [0, 0.05) is 56.7 Å². The topological polar surface area (TPSA) is 272 Å². The Bertz CT molecular complexity index is 3080. The lowest BCUT2D eigenvalue weighted by molar-refractivity contribution is -0.138. The molecule has 15 atom stereocenters. The first-order chi connectivity index (χ1) is 34.9. The molecule has 12 rings (SSSR count). The third kappa shape index (κ3) is 8.44. The van der Waals surface area contributed by atoms with Gasteiger partial charge in [0.25, 0.3) is 0 Å². The molecular formula is C45H39F9N6O12S3. The van der Waals surface area contributed by atoms with E-state index >= 15 is 0 Å². The van der Waals surface area contributed by atoms with Gasteiger partial charge in [0.1, 0.15) is 21.9 Å². The number of aliphatic hydroxyl groups is 3. The Hall–Kier alpha value is -5.49. The number of anilines is 3. The molecule has 6 bridgehead atoms. The average molecular weight is 1120 g/mol. The van der Waals surface area contributed by atoms with Gasteiger partial charge in [-0.05, 0) is 54.6 Å². The van der Waals surface area contributed by atoms with Crippen LogP contribution in [0.2, 0.25) is 0 Å². The third-order valence-electron chi connectivity index (χ3n) is 15.4. The van der Waals surface area contributed by atoms with Crippen molar-refractivity contribution in [3.05, 3.63) is 88.0 Å². The van der Waals surface area contributed by atoms with Crippen LogP contribution in [0, 0.1) is 51.7 Å². The van der Waals surface area contributed by atoms with E-state index in [2.05, 4.69) is 0 Å². The highest BCUT2D eigenvalue weighted by Gasteiger charge is 2.67. The lowest BCUT2D eigenvalue weighted by Gasteiger charge is -2.23. The van der Waals surface area contributed by atoms with Crippen molar-refractivity contribution >= 4 is 47.1 Å². The molecule has 0 spiro atoms. The minimum Gasteiger partial charge on any atom is -0.390 e. The molecule has 9 aliphatic heterocycles. The summed E-state index contributed by atoms with van der Waals surface area (Å²) in [5, 5.41) is 53.6. The summed E-state index contributed by atoms with van der Waals surface area (Å²) in [7, 11) is -11.8. The Morgan fingerprint density at radius 1 is 0.453 bits per heavy atom. The Balaban J connectivity index is 0.000000128. The van der Waals surface area contributed by atoms with E-state index in [1.54, 1.807) is 0 Å². The Kier molecular flexibility index (Phi) is 12.5. The van der Waals surface area contributed by atoms with E-state index in [1.807, 2.05) is 0 Å². The van der Waals surface area contributed by atoms with Crippen molar-refractivity contribution < 1.29 is 94.3 Å². The monoisotopic (exact) mass is 1120 g/mol. The van der Waals surface area contributed by atoms with Gasteiger partial charge in [0.05, 0.1) is 117 Å². The zero-order chi connectivity index (χ0) is 54.4. The van der Waals surface area contributed by atoms with Gasteiger partial charge in [0.15, 0.2) is 0 Å². The van der Waals surface area contributed by atoms with Gasteiger partial charge in [-0.15, -0.1) is 0 Å². The smallest absolute Gasteiger partial charge is 0.390 e. The van der Waals surface area contributed by atoms with Crippen LogP contribution in [0.4, 0.5) is 56.6 Å². The second kappa shape index (κ2) is 17.8. The molecule has 0 unspecified atom stereocenters. The van der Waals surface area contributed by atoms with E-state index in [9.17, 15) is 80.1 Å². The number of aliphatic hydroxyl groups excluding tert-OH is 3. The number of hydrogen-bond donors (Lipinski definition) is 3. The average Bonchev–Trinajstić information content (AvgIpc) is 4.23. The second-order valence-electron chi connectivity index (χ2n) is 19.5. The molecule has 0 aromatic heterocycles. The summed E-state index contributed by atoms with van der Waals surface area (Å²) < 4.78 is 214. The molecule has 30 heteroatoms. The summed E-state index contributed by atoms with van der Waals surface area (Å²) in [6.45, 7) is -0.0903. The fourth-order valence-corrected chi connectivity index (χ4v) is 19.3. The number of hydrogen-bond acceptors (Lipinski definition) is 15. The Morgan fingerprint density at radius 3 is 1.08 bits per heavy atom. The highest BCUT2D eigenvalue weighted by molar-refractivity contribution is 7.94. The summed E-state index contributed by atoms with van der Waals surface area (Å²) in [6.07, 6.45) is -19.7. The van der Waals surface area contributed by atoms with Crippen LogP contribution >= 0.6 is 0 Å². The first-order valence-electron chi connectivity index (χ1n) is 22.8. The molecule has 3 aromatic rings. The predicted octanol–water partition coefficient (Wildman–Crippen LogP) is 3.73. The maximum Gasteiger partial charge on any atom is 0.417 e. The fraction of sp³-hybridized carbons (Fsp3) is 0.533. The van der Waals surface area contributed by atoms with E-state index in [-0.39, 0.29) is 55.5 Å². The molecule has 0 aliphatic carbocycles. The number of halogens is 9. The predicted molar refractivity (Wildman–Crippen MR) is 237 cm³/mol. The van der Waals surface area contributed by atoms with E-state index in [1.165, 1.54) is 36.4 Å². The van der Waals surface area contributed by atoms with Crippen molar-refractivity contribution in [2.75, 3.05) is 32.5 Å². The number of fused-ring (bicyclic) bond motifs is 15. The fourth-order valence-electron chi connectivity index (χ4n) is 12.3. The van der Waals surface area contributed by atoms with Crippen molar-refractivity contribution in [1.29, 1.82) is 15.8 Å². The molecule has 9 heterocycles. The number of alkyl halides is 9.